The third-order valence-electron chi connectivity index (χ3n) is 5.13. The standard InChI is InChI=1S/C23H25N3O2S/c27-23(19-6-10-24-11-7-19)26-12-8-20(9-13-26)25-15-22-14-18(17-29-22)16-28-21-4-2-1-3-5-21/h1-7,10-11,14,17,20,25H,8-9,12-13,15-16H2. The molecule has 0 saturated carbocycles. The molecule has 1 fully saturated rings. The van der Waals surface area contributed by atoms with Gasteiger partial charge in [-0.3, -0.25) is 9.78 Å². The third kappa shape index (κ3) is 5.43. The van der Waals surface area contributed by atoms with Gasteiger partial charge in [-0.05, 0) is 48.6 Å². The Hall–Kier alpha value is -2.70. The number of rotatable bonds is 7. The van der Waals surface area contributed by atoms with Crippen molar-refractivity contribution in [3.8, 4) is 5.75 Å². The topological polar surface area (TPSA) is 54.5 Å². The lowest BCUT2D eigenvalue weighted by Gasteiger charge is -2.32. The predicted molar refractivity (Wildman–Crippen MR) is 115 cm³/mol. The van der Waals surface area contributed by atoms with Gasteiger partial charge in [0.15, 0.2) is 0 Å². The van der Waals surface area contributed by atoms with E-state index in [1.54, 1.807) is 35.9 Å². The zero-order valence-electron chi connectivity index (χ0n) is 16.3. The van der Waals surface area contributed by atoms with Gasteiger partial charge in [-0.1, -0.05) is 18.2 Å². The monoisotopic (exact) mass is 407 g/mol. The van der Waals surface area contributed by atoms with Crippen molar-refractivity contribution in [1.82, 2.24) is 15.2 Å². The van der Waals surface area contributed by atoms with Crippen LogP contribution in [0.2, 0.25) is 0 Å². The van der Waals surface area contributed by atoms with E-state index in [1.165, 1.54) is 10.4 Å². The van der Waals surface area contributed by atoms with E-state index in [2.05, 4.69) is 21.7 Å². The molecule has 1 aromatic carbocycles. The number of carbonyl (C=O) groups excluding carboxylic acids is 1. The summed E-state index contributed by atoms with van der Waals surface area (Å²) in [6.45, 7) is 3.04. The number of para-hydroxylation sites is 1. The lowest BCUT2D eigenvalue weighted by atomic mass is 10.0. The van der Waals surface area contributed by atoms with Crippen molar-refractivity contribution in [1.29, 1.82) is 0 Å². The Kier molecular flexibility index (Phi) is 6.54. The molecule has 1 aliphatic rings. The molecule has 0 bridgehead atoms. The molecule has 1 aliphatic heterocycles. The van der Waals surface area contributed by atoms with Crippen LogP contribution in [0.15, 0.2) is 66.3 Å². The molecular formula is C23H25N3O2S. The van der Waals surface area contributed by atoms with Gasteiger partial charge in [0, 0.05) is 54.1 Å². The maximum atomic E-state index is 12.5. The number of carbonyl (C=O) groups is 1. The second kappa shape index (κ2) is 9.67. The van der Waals surface area contributed by atoms with Crippen LogP contribution in [0.5, 0.6) is 5.75 Å². The van der Waals surface area contributed by atoms with Gasteiger partial charge in [0.25, 0.3) is 5.91 Å². The maximum absolute atomic E-state index is 12.5. The number of nitrogens with zero attached hydrogens (tertiary/aromatic N) is 2. The van der Waals surface area contributed by atoms with Crippen molar-refractivity contribution < 1.29 is 9.53 Å². The number of ether oxygens (including phenoxy) is 1. The van der Waals surface area contributed by atoms with Gasteiger partial charge in [-0.25, -0.2) is 0 Å². The largest absolute Gasteiger partial charge is 0.489 e. The predicted octanol–water partition coefficient (Wildman–Crippen LogP) is 4.12. The number of piperidine rings is 1. The molecule has 3 heterocycles. The van der Waals surface area contributed by atoms with Gasteiger partial charge >= 0.3 is 0 Å². The summed E-state index contributed by atoms with van der Waals surface area (Å²) in [5, 5.41) is 5.81. The van der Waals surface area contributed by atoms with E-state index in [1.807, 2.05) is 35.2 Å². The van der Waals surface area contributed by atoms with Crippen molar-refractivity contribution >= 4 is 17.2 Å². The molecule has 1 N–H and O–H groups in total. The number of benzene rings is 1. The second-order valence-corrected chi connectivity index (χ2v) is 8.20. The SMILES string of the molecule is O=C(c1ccncc1)N1CCC(NCc2cc(COc3ccccc3)cs2)CC1. The number of pyridine rings is 1. The minimum absolute atomic E-state index is 0.104. The normalized spacial score (nSPS) is 14.7. The van der Waals surface area contributed by atoms with Crippen molar-refractivity contribution in [2.45, 2.75) is 32.0 Å². The van der Waals surface area contributed by atoms with E-state index in [0.29, 0.717) is 12.6 Å². The first kappa shape index (κ1) is 19.6. The molecule has 0 atom stereocenters. The van der Waals surface area contributed by atoms with Crippen LogP contribution in [-0.4, -0.2) is 34.9 Å². The van der Waals surface area contributed by atoms with Crippen LogP contribution in [0.3, 0.4) is 0 Å². The number of hydrogen-bond acceptors (Lipinski definition) is 5. The molecule has 3 aromatic rings. The fourth-order valence-electron chi connectivity index (χ4n) is 3.49. The second-order valence-electron chi connectivity index (χ2n) is 7.21. The molecule has 4 rings (SSSR count). The lowest BCUT2D eigenvalue weighted by molar-refractivity contribution is 0.0704. The van der Waals surface area contributed by atoms with Crippen LogP contribution in [-0.2, 0) is 13.2 Å². The summed E-state index contributed by atoms with van der Waals surface area (Å²) in [5.41, 5.74) is 1.92. The summed E-state index contributed by atoms with van der Waals surface area (Å²) in [7, 11) is 0. The summed E-state index contributed by atoms with van der Waals surface area (Å²) in [6.07, 6.45) is 5.29. The molecule has 2 aromatic heterocycles. The third-order valence-corrected chi connectivity index (χ3v) is 6.12. The van der Waals surface area contributed by atoms with Crippen molar-refractivity contribution in [3.63, 3.8) is 0 Å². The molecule has 0 spiro atoms. The quantitative estimate of drug-likeness (QED) is 0.640. The van der Waals surface area contributed by atoms with Gasteiger partial charge in [-0.15, -0.1) is 11.3 Å². The van der Waals surface area contributed by atoms with E-state index in [9.17, 15) is 4.79 Å². The lowest BCUT2D eigenvalue weighted by Crippen LogP contribution is -2.44. The molecule has 5 nitrogen and oxygen atoms in total. The van der Waals surface area contributed by atoms with Gasteiger partial charge in [0.1, 0.15) is 12.4 Å². The van der Waals surface area contributed by atoms with Crippen molar-refractivity contribution in [3.05, 3.63) is 82.3 Å². The van der Waals surface area contributed by atoms with E-state index < -0.39 is 0 Å². The number of hydrogen-bond donors (Lipinski definition) is 1. The van der Waals surface area contributed by atoms with E-state index >= 15 is 0 Å². The van der Waals surface area contributed by atoms with Crippen molar-refractivity contribution in [2.75, 3.05) is 13.1 Å². The highest BCUT2D eigenvalue weighted by molar-refractivity contribution is 7.10. The number of thiophene rings is 1. The van der Waals surface area contributed by atoms with E-state index in [0.717, 1.165) is 43.8 Å². The zero-order chi connectivity index (χ0) is 19.9. The van der Waals surface area contributed by atoms with Crippen LogP contribution < -0.4 is 10.1 Å². The highest BCUT2D eigenvalue weighted by Crippen LogP contribution is 2.19. The Morgan fingerprint density at radius 3 is 2.66 bits per heavy atom. The molecule has 0 radical (unpaired) electrons. The molecule has 6 heteroatoms. The van der Waals surface area contributed by atoms with E-state index in [-0.39, 0.29) is 5.91 Å². The van der Waals surface area contributed by atoms with Crippen LogP contribution in [0.25, 0.3) is 0 Å². The number of likely N-dealkylation sites (tertiary alicyclic amines) is 1. The van der Waals surface area contributed by atoms with Gasteiger partial charge in [0.2, 0.25) is 0 Å². The number of amides is 1. The average Bonchev–Trinajstić information content (AvgIpc) is 3.25. The van der Waals surface area contributed by atoms with E-state index in [4.69, 9.17) is 4.74 Å². The minimum atomic E-state index is 0.104. The first-order chi connectivity index (χ1) is 14.3. The molecule has 29 heavy (non-hydrogen) atoms. The molecule has 1 amide bonds. The summed E-state index contributed by atoms with van der Waals surface area (Å²) in [4.78, 5) is 19.8. The van der Waals surface area contributed by atoms with Crippen LogP contribution >= 0.6 is 11.3 Å². The molecule has 1 saturated heterocycles. The summed E-state index contributed by atoms with van der Waals surface area (Å²) in [5.74, 6) is 0.999. The molecule has 0 unspecified atom stereocenters. The zero-order valence-corrected chi connectivity index (χ0v) is 17.1. The Labute approximate surface area is 175 Å². The van der Waals surface area contributed by atoms with Gasteiger partial charge in [-0.2, -0.15) is 0 Å². The Morgan fingerprint density at radius 2 is 1.90 bits per heavy atom. The first-order valence-electron chi connectivity index (χ1n) is 9.95. The fourth-order valence-corrected chi connectivity index (χ4v) is 4.31. The Morgan fingerprint density at radius 1 is 1.14 bits per heavy atom. The number of aromatic nitrogens is 1. The van der Waals surface area contributed by atoms with Crippen molar-refractivity contribution in [2.24, 2.45) is 0 Å². The van der Waals surface area contributed by atoms with Crippen LogP contribution in [0.4, 0.5) is 0 Å². The minimum Gasteiger partial charge on any atom is -0.489 e. The molecular weight excluding hydrogens is 382 g/mol. The first-order valence-corrected chi connectivity index (χ1v) is 10.8. The Bertz CT molecular complexity index is 906. The highest BCUT2D eigenvalue weighted by atomic mass is 32.1. The average molecular weight is 408 g/mol. The van der Waals surface area contributed by atoms with Gasteiger partial charge in [0.05, 0.1) is 0 Å². The van der Waals surface area contributed by atoms with Gasteiger partial charge < -0.3 is 15.0 Å². The fraction of sp³-hybridized carbons (Fsp3) is 0.304. The maximum Gasteiger partial charge on any atom is 0.253 e. The smallest absolute Gasteiger partial charge is 0.253 e. The Balaban J connectivity index is 1.20. The van der Waals surface area contributed by atoms with Crippen LogP contribution in [0, 0.1) is 0 Å². The molecule has 0 aliphatic carbocycles. The summed E-state index contributed by atoms with van der Waals surface area (Å²) >= 11 is 1.76. The summed E-state index contributed by atoms with van der Waals surface area (Å²) in [6, 6.07) is 16.1. The van der Waals surface area contributed by atoms with Crippen LogP contribution in [0.1, 0.15) is 33.6 Å². The number of nitrogens with one attached hydrogen (secondary N) is 1. The highest BCUT2D eigenvalue weighted by Gasteiger charge is 2.23. The summed E-state index contributed by atoms with van der Waals surface area (Å²) < 4.78 is 5.82. The molecule has 150 valence electrons.